The zero-order valence-corrected chi connectivity index (χ0v) is 10.8. The Hall–Kier alpha value is -2.39. The van der Waals surface area contributed by atoms with Gasteiger partial charge in [0, 0.05) is 18.7 Å². The van der Waals surface area contributed by atoms with Gasteiger partial charge in [0.15, 0.2) is 11.6 Å². The van der Waals surface area contributed by atoms with Crippen LogP contribution in [0.2, 0.25) is 0 Å². The molecule has 2 aromatic rings. The van der Waals surface area contributed by atoms with Crippen LogP contribution in [0, 0.1) is 34.6 Å². The van der Waals surface area contributed by atoms with Crippen molar-refractivity contribution in [1.29, 1.82) is 5.26 Å². The third-order valence-corrected chi connectivity index (χ3v) is 2.89. The number of hydrogen-bond acceptors (Lipinski definition) is 2. The highest BCUT2D eigenvalue weighted by atomic mass is 19.2. The standard InChI is InChI=1S/C15H10F4N2/c16-12-2-1-9(3-15(12)19)7-21-8-11-13(17)4-10(6-20)5-14(11)18/h1-5,21H,7-8H2. The highest BCUT2D eigenvalue weighted by molar-refractivity contribution is 5.34. The molecule has 21 heavy (non-hydrogen) atoms. The summed E-state index contributed by atoms with van der Waals surface area (Å²) >= 11 is 0. The maximum Gasteiger partial charge on any atom is 0.159 e. The first-order valence-electron chi connectivity index (χ1n) is 6.04. The van der Waals surface area contributed by atoms with Gasteiger partial charge in [-0.15, -0.1) is 0 Å². The van der Waals surface area contributed by atoms with Gasteiger partial charge in [0.05, 0.1) is 11.6 Å². The van der Waals surface area contributed by atoms with Gasteiger partial charge in [0.25, 0.3) is 0 Å². The smallest absolute Gasteiger partial charge is 0.159 e. The Balaban J connectivity index is 2.04. The monoisotopic (exact) mass is 294 g/mol. The van der Waals surface area contributed by atoms with E-state index in [0.29, 0.717) is 5.56 Å². The second-order valence-corrected chi connectivity index (χ2v) is 4.38. The van der Waals surface area contributed by atoms with Crippen LogP contribution in [0.3, 0.4) is 0 Å². The fourth-order valence-electron chi connectivity index (χ4n) is 1.82. The molecular formula is C15H10F4N2. The zero-order chi connectivity index (χ0) is 15.4. The first kappa shape index (κ1) is 15.0. The molecule has 0 radical (unpaired) electrons. The van der Waals surface area contributed by atoms with Gasteiger partial charge in [-0.3, -0.25) is 0 Å². The summed E-state index contributed by atoms with van der Waals surface area (Å²) in [6.45, 7) is -0.0154. The summed E-state index contributed by atoms with van der Waals surface area (Å²) in [5.41, 5.74) is 0.134. The fraction of sp³-hybridized carbons (Fsp3) is 0.133. The van der Waals surface area contributed by atoms with Crippen LogP contribution in [0.25, 0.3) is 0 Å². The van der Waals surface area contributed by atoms with Crippen molar-refractivity contribution in [1.82, 2.24) is 5.32 Å². The maximum atomic E-state index is 13.6. The summed E-state index contributed by atoms with van der Waals surface area (Å²) in [6, 6.07) is 6.90. The second-order valence-electron chi connectivity index (χ2n) is 4.38. The molecule has 0 aromatic heterocycles. The van der Waals surface area contributed by atoms with Crippen molar-refractivity contribution in [2.75, 3.05) is 0 Å². The molecule has 0 saturated carbocycles. The van der Waals surface area contributed by atoms with Gasteiger partial charge in [-0.2, -0.15) is 5.26 Å². The summed E-state index contributed by atoms with van der Waals surface area (Å²) in [5.74, 6) is -3.60. The lowest BCUT2D eigenvalue weighted by molar-refractivity contribution is 0.504. The minimum atomic E-state index is -0.981. The average molecular weight is 294 g/mol. The van der Waals surface area contributed by atoms with E-state index in [1.165, 1.54) is 6.07 Å². The third-order valence-electron chi connectivity index (χ3n) is 2.89. The molecule has 108 valence electrons. The van der Waals surface area contributed by atoms with Crippen LogP contribution >= 0.6 is 0 Å². The molecule has 0 unspecified atom stereocenters. The Morgan fingerprint density at radius 1 is 0.857 bits per heavy atom. The highest BCUT2D eigenvalue weighted by Gasteiger charge is 2.11. The Morgan fingerprint density at radius 2 is 1.52 bits per heavy atom. The third kappa shape index (κ3) is 3.58. The average Bonchev–Trinajstić information content (AvgIpc) is 2.45. The van der Waals surface area contributed by atoms with E-state index in [0.717, 1.165) is 24.3 Å². The Bertz CT molecular complexity index is 684. The molecule has 0 spiro atoms. The zero-order valence-electron chi connectivity index (χ0n) is 10.8. The minimum Gasteiger partial charge on any atom is -0.308 e. The summed E-state index contributed by atoms with van der Waals surface area (Å²) < 4.78 is 52.9. The number of nitrogens with zero attached hydrogens (tertiary/aromatic N) is 1. The van der Waals surface area contributed by atoms with E-state index in [2.05, 4.69) is 5.32 Å². The molecule has 0 fully saturated rings. The largest absolute Gasteiger partial charge is 0.308 e. The van der Waals surface area contributed by atoms with Crippen LogP contribution < -0.4 is 5.32 Å². The number of benzene rings is 2. The predicted octanol–water partition coefficient (Wildman–Crippen LogP) is 3.40. The molecule has 0 heterocycles. The van der Waals surface area contributed by atoms with Gasteiger partial charge in [-0.25, -0.2) is 17.6 Å². The Morgan fingerprint density at radius 3 is 2.10 bits per heavy atom. The maximum absolute atomic E-state index is 13.6. The van der Waals surface area contributed by atoms with Crippen molar-refractivity contribution in [3.63, 3.8) is 0 Å². The predicted molar refractivity (Wildman–Crippen MR) is 68.0 cm³/mol. The molecule has 2 rings (SSSR count). The number of nitriles is 1. The van der Waals surface area contributed by atoms with E-state index in [9.17, 15) is 17.6 Å². The van der Waals surface area contributed by atoms with E-state index < -0.39 is 23.3 Å². The van der Waals surface area contributed by atoms with Crippen molar-refractivity contribution >= 4 is 0 Å². The highest BCUT2D eigenvalue weighted by Crippen LogP contribution is 2.15. The molecule has 0 bridgehead atoms. The van der Waals surface area contributed by atoms with Gasteiger partial charge < -0.3 is 5.32 Å². The number of rotatable bonds is 4. The van der Waals surface area contributed by atoms with E-state index in [4.69, 9.17) is 5.26 Å². The van der Waals surface area contributed by atoms with Crippen molar-refractivity contribution in [3.8, 4) is 6.07 Å². The molecule has 2 aromatic carbocycles. The van der Waals surface area contributed by atoms with Crippen molar-refractivity contribution < 1.29 is 17.6 Å². The van der Waals surface area contributed by atoms with Crippen LogP contribution in [0.5, 0.6) is 0 Å². The van der Waals surface area contributed by atoms with E-state index in [-0.39, 0.29) is 24.2 Å². The molecule has 1 N–H and O–H groups in total. The van der Waals surface area contributed by atoms with E-state index in [1.54, 1.807) is 6.07 Å². The fourth-order valence-corrected chi connectivity index (χ4v) is 1.82. The molecule has 0 atom stereocenters. The molecular weight excluding hydrogens is 284 g/mol. The quantitative estimate of drug-likeness (QED) is 0.877. The molecule has 2 nitrogen and oxygen atoms in total. The van der Waals surface area contributed by atoms with Gasteiger partial charge in [-0.05, 0) is 29.8 Å². The number of nitrogens with one attached hydrogen (secondary N) is 1. The molecule has 0 aliphatic heterocycles. The SMILES string of the molecule is N#Cc1cc(F)c(CNCc2ccc(F)c(F)c2)c(F)c1. The van der Waals surface area contributed by atoms with Crippen molar-refractivity contribution in [2.24, 2.45) is 0 Å². The van der Waals surface area contributed by atoms with Crippen molar-refractivity contribution in [2.45, 2.75) is 13.1 Å². The van der Waals surface area contributed by atoms with Gasteiger partial charge in [0.2, 0.25) is 0 Å². The molecule has 0 saturated heterocycles. The van der Waals surface area contributed by atoms with Gasteiger partial charge in [-0.1, -0.05) is 6.07 Å². The van der Waals surface area contributed by atoms with Gasteiger partial charge in [0.1, 0.15) is 11.6 Å². The Kier molecular flexibility index (Phi) is 4.55. The van der Waals surface area contributed by atoms with Crippen LogP contribution in [0.1, 0.15) is 16.7 Å². The van der Waals surface area contributed by atoms with E-state index in [1.807, 2.05) is 0 Å². The van der Waals surface area contributed by atoms with Crippen LogP contribution in [0.15, 0.2) is 30.3 Å². The lowest BCUT2D eigenvalue weighted by atomic mass is 10.1. The second kappa shape index (κ2) is 6.37. The summed E-state index contributed by atoms with van der Waals surface area (Å²) in [4.78, 5) is 0. The lowest BCUT2D eigenvalue weighted by Crippen LogP contribution is -2.15. The molecule has 0 aliphatic rings. The molecule has 0 amide bonds. The summed E-state index contributed by atoms with van der Waals surface area (Å²) in [6.07, 6.45) is 0. The number of hydrogen-bond donors (Lipinski definition) is 1. The minimum absolute atomic E-state index is 0.102. The van der Waals surface area contributed by atoms with Gasteiger partial charge >= 0.3 is 0 Å². The number of halogens is 4. The van der Waals surface area contributed by atoms with Crippen LogP contribution in [-0.2, 0) is 13.1 Å². The normalized spacial score (nSPS) is 10.4. The Labute approximate surface area is 118 Å². The van der Waals surface area contributed by atoms with Crippen LogP contribution in [-0.4, -0.2) is 0 Å². The summed E-state index contributed by atoms with van der Waals surface area (Å²) in [5, 5.41) is 11.3. The molecule has 0 aliphatic carbocycles. The van der Waals surface area contributed by atoms with E-state index >= 15 is 0 Å². The summed E-state index contributed by atoms with van der Waals surface area (Å²) in [7, 11) is 0. The first-order chi connectivity index (χ1) is 10.0. The first-order valence-corrected chi connectivity index (χ1v) is 6.04. The van der Waals surface area contributed by atoms with Crippen LogP contribution in [0.4, 0.5) is 17.6 Å². The lowest BCUT2D eigenvalue weighted by Gasteiger charge is -2.08. The van der Waals surface area contributed by atoms with Crippen molar-refractivity contribution in [3.05, 3.63) is 70.3 Å². The topological polar surface area (TPSA) is 35.8 Å². The molecule has 6 heteroatoms.